The third-order valence-corrected chi connectivity index (χ3v) is 7.31. The number of fused-ring (bicyclic) bond motifs is 3. The molecule has 4 rings (SSSR count). The molecule has 1 N–H and O–H groups in total. The average molecular weight is 415 g/mol. The molecule has 0 aliphatic carbocycles. The van der Waals surface area contributed by atoms with Crippen LogP contribution in [0.25, 0.3) is 10.2 Å². The van der Waals surface area contributed by atoms with E-state index in [2.05, 4.69) is 31.1 Å². The van der Waals surface area contributed by atoms with Crippen LogP contribution in [0.5, 0.6) is 0 Å². The Balaban J connectivity index is 1.74. The maximum atomic E-state index is 6.16. The summed E-state index contributed by atoms with van der Waals surface area (Å²) in [4.78, 5) is 16.5. The summed E-state index contributed by atoms with van der Waals surface area (Å²) in [5.41, 5.74) is 2.24. The number of anilines is 1. The van der Waals surface area contributed by atoms with Gasteiger partial charge in [-0.15, -0.1) is 11.3 Å². The number of hydrogen-bond acceptors (Lipinski definition) is 7. The summed E-state index contributed by atoms with van der Waals surface area (Å²) < 4.78 is 6.16. The van der Waals surface area contributed by atoms with Crippen molar-refractivity contribution in [3.05, 3.63) is 40.5 Å². The van der Waals surface area contributed by atoms with Crippen LogP contribution in [0.1, 0.15) is 49.7 Å². The van der Waals surface area contributed by atoms with Crippen molar-refractivity contribution in [3.8, 4) is 0 Å². The number of nitrogens with zero attached hydrogens (tertiary/aromatic N) is 3. The highest BCUT2D eigenvalue weighted by Gasteiger charge is 2.33. The lowest BCUT2D eigenvalue weighted by molar-refractivity contribution is -0.0542. The summed E-state index contributed by atoms with van der Waals surface area (Å²) in [7, 11) is 0. The van der Waals surface area contributed by atoms with Crippen molar-refractivity contribution in [1.29, 1.82) is 0 Å². The van der Waals surface area contributed by atoms with E-state index in [0.717, 1.165) is 46.5 Å². The summed E-state index contributed by atoms with van der Waals surface area (Å²) in [6, 6.07) is 5.98. The molecule has 28 heavy (non-hydrogen) atoms. The van der Waals surface area contributed by atoms with E-state index in [-0.39, 0.29) is 5.60 Å². The number of pyridine rings is 1. The molecule has 0 saturated carbocycles. The Morgan fingerprint density at radius 3 is 2.93 bits per heavy atom. The van der Waals surface area contributed by atoms with Crippen LogP contribution >= 0.6 is 23.1 Å². The van der Waals surface area contributed by atoms with Crippen molar-refractivity contribution < 1.29 is 4.74 Å². The molecule has 3 aromatic heterocycles. The Morgan fingerprint density at radius 2 is 2.18 bits per heavy atom. The molecule has 0 saturated heterocycles. The number of nitrogens with one attached hydrogen (secondary N) is 1. The number of hydrogen-bond donors (Lipinski definition) is 1. The van der Waals surface area contributed by atoms with Crippen LogP contribution in [0, 0.1) is 0 Å². The molecule has 4 heterocycles. The van der Waals surface area contributed by atoms with E-state index >= 15 is 0 Å². The first kappa shape index (κ1) is 19.6. The van der Waals surface area contributed by atoms with Gasteiger partial charge in [-0.05, 0) is 37.5 Å². The molecule has 5 nitrogen and oxygen atoms in total. The van der Waals surface area contributed by atoms with Gasteiger partial charge in [0.1, 0.15) is 10.6 Å². The molecule has 1 aliphatic rings. The molecule has 1 atom stereocenters. The maximum Gasteiger partial charge on any atom is 0.190 e. The smallest absolute Gasteiger partial charge is 0.190 e. The van der Waals surface area contributed by atoms with Crippen LogP contribution in [0.15, 0.2) is 29.6 Å². The van der Waals surface area contributed by atoms with Crippen LogP contribution < -0.4 is 5.32 Å². The summed E-state index contributed by atoms with van der Waals surface area (Å²) in [5, 5.41) is 5.55. The van der Waals surface area contributed by atoms with Gasteiger partial charge >= 0.3 is 0 Å². The second-order valence-electron chi connectivity index (χ2n) is 7.33. The van der Waals surface area contributed by atoms with Gasteiger partial charge < -0.3 is 10.1 Å². The second kappa shape index (κ2) is 8.35. The lowest BCUT2D eigenvalue weighted by Gasteiger charge is -2.33. The lowest BCUT2D eigenvalue weighted by Crippen LogP contribution is -2.33. The number of thiophene rings is 1. The molecule has 0 aromatic carbocycles. The third-order valence-electron chi connectivity index (χ3n) is 5.16. The maximum absolute atomic E-state index is 6.16. The normalized spacial score (nSPS) is 19.0. The van der Waals surface area contributed by atoms with E-state index in [1.807, 2.05) is 24.4 Å². The van der Waals surface area contributed by atoms with E-state index in [0.29, 0.717) is 13.2 Å². The Hall–Kier alpha value is -1.70. The van der Waals surface area contributed by atoms with Gasteiger partial charge in [-0.2, -0.15) is 0 Å². The molecule has 1 aliphatic heterocycles. The van der Waals surface area contributed by atoms with E-state index in [4.69, 9.17) is 14.7 Å². The summed E-state index contributed by atoms with van der Waals surface area (Å²) >= 11 is 3.47. The first-order valence-corrected chi connectivity index (χ1v) is 11.6. The van der Waals surface area contributed by atoms with Crippen molar-refractivity contribution in [3.63, 3.8) is 0 Å². The van der Waals surface area contributed by atoms with Gasteiger partial charge in [-0.1, -0.05) is 31.7 Å². The molecular formula is C21H26N4OS2. The molecule has 148 valence electrons. The highest BCUT2D eigenvalue weighted by molar-refractivity contribution is 7.99. The molecule has 0 spiro atoms. The summed E-state index contributed by atoms with van der Waals surface area (Å²) in [6.07, 6.45) is 4.83. The molecular weight excluding hydrogens is 388 g/mol. The molecule has 0 radical (unpaired) electrons. The van der Waals surface area contributed by atoms with Crippen molar-refractivity contribution in [2.75, 3.05) is 11.1 Å². The van der Waals surface area contributed by atoms with Gasteiger partial charge in [0, 0.05) is 23.2 Å². The molecule has 3 aromatic rings. The Labute approximate surface area is 174 Å². The summed E-state index contributed by atoms with van der Waals surface area (Å²) in [5.74, 6) is 1.94. The Morgan fingerprint density at radius 1 is 1.29 bits per heavy atom. The van der Waals surface area contributed by atoms with Gasteiger partial charge in [-0.25, -0.2) is 9.97 Å². The average Bonchev–Trinajstić information content (AvgIpc) is 3.08. The van der Waals surface area contributed by atoms with Crippen molar-refractivity contribution in [2.45, 2.75) is 63.9 Å². The molecule has 0 amide bonds. The van der Waals surface area contributed by atoms with E-state index in [1.54, 1.807) is 23.1 Å². The predicted octanol–water partition coefficient (Wildman–Crippen LogP) is 5.44. The Bertz CT molecular complexity index is 960. The fourth-order valence-electron chi connectivity index (χ4n) is 3.34. The predicted molar refractivity (Wildman–Crippen MR) is 117 cm³/mol. The first-order valence-electron chi connectivity index (χ1n) is 9.84. The monoisotopic (exact) mass is 414 g/mol. The Kier molecular flexibility index (Phi) is 5.85. The van der Waals surface area contributed by atoms with E-state index in [1.165, 1.54) is 15.8 Å². The zero-order valence-electron chi connectivity index (χ0n) is 16.6. The number of thioether (sulfide) groups is 1. The van der Waals surface area contributed by atoms with Gasteiger partial charge in [-0.3, -0.25) is 4.98 Å². The standard InChI is InChI=1S/C21H26N4OS2/c1-4-10-27-20-24-18(23-12-14-8-6-7-9-22-14)17-15-11-21(3,5-2)26-13-16(15)28-19(17)25-20/h6-9H,4-5,10-13H2,1-3H3,(H,23,24,25). The lowest BCUT2D eigenvalue weighted by atomic mass is 9.90. The topological polar surface area (TPSA) is 59.9 Å². The van der Waals surface area contributed by atoms with Crippen LogP contribution in [0.3, 0.4) is 0 Å². The number of rotatable bonds is 7. The van der Waals surface area contributed by atoms with Crippen LogP contribution in [0.4, 0.5) is 5.82 Å². The van der Waals surface area contributed by atoms with Gasteiger partial charge in [0.15, 0.2) is 5.16 Å². The van der Waals surface area contributed by atoms with Crippen molar-refractivity contribution >= 4 is 39.1 Å². The molecule has 7 heteroatoms. The summed E-state index contributed by atoms with van der Waals surface area (Å²) in [6.45, 7) is 7.88. The zero-order chi connectivity index (χ0) is 19.6. The van der Waals surface area contributed by atoms with Crippen LogP contribution in [-0.4, -0.2) is 26.3 Å². The van der Waals surface area contributed by atoms with Gasteiger partial charge in [0.25, 0.3) is 0 Å². The first-order chi connectivity index (χ1) is 13.6. The number of aromatic nitrogens is 3. The zero-order valence-corrected chi connectivity index (χ0v) is 18.3. The SMILES string of the molecule is CCCSc1nc(NCc2ccccn2)c2c3c(sc2n1)COC(C)(CC)C3. The fraction of sp³-hybridized carbons (Fsp3) is 0.476. The minimum Gasteiger partial charge on any atom is -0.369 e. The molecule has 0 bridgehead atoms. The second-order valence-corrected chi connectivity index (χ2v) is 9.48. The van der Waals surface area contributed by atoms with Gasteiger partial charge in [0.05, 0.1) is 29.8 Å². The number of ether oxygens (including phenoxy) is 1. The molecule has 0 fully saturated rings. The highest BCUT2D eigenvalue weighted by Crippen LogP contribution is 2.42. The van der Waals surface area contributed by atoms with Crippen LogP contribution in [0.2, 0.25) is 0 Å². The molecule has 1 unspecified atom stereocenters. The van der Waals surface area contributed by atoms with Gasteiger partial charge in [0.2, 0.25) is 0 Å². The van der Waals surface area contributed by atoms with E-state index in [9.17, 15) is 0 Å². The fourth-order valence-corrected chi connectivity index (χ4v) is 5.20. The minimum atomic E-state index is -0.116. The minimum absolute atomic E-state index is 0.116. The largest absolute Gasteiger partial charge is 0.369 e. The van der Waals surface area contributed by atoms with Crippen molar-refractivity contribution in [1.82, 2.24) is 15.0 Å². The highest BCUT2D eigenvalue weighted by atomic mass is 32.2. The van der Waals surface area contributed by atoms with Crippen molar-refractivity contribution in [2.24, 2.45) is 0 Å². The van der Waals surface area contributed by atoms with E-state index < -0.39 is 0 Å². The third kappa shape index (κ3) is 4.02. The quantitative estimate of drug-likeness (QED) is 0.410. The van der Waals surface area contributed by atoms with Crippen LogP contribution in [-0.2, 0) is 24.3 Å².